The topological polar surface area (TPSA) is 54.5 Å². The van der Waals surface area contributed by atoms with Crippen LogP contribution in [0.3, 0.4) is 0 Å². The average molecular weight is 396 g/mol. The molecule has 1 aliphatic heterocycles. The standard InChI is InChI=1S/C22H25N3O2S/c1-15(16-7-4-3-5-8-16)23-21(26)17-9-6-12-25(14-17)22-24-19-11-10-18(27-2)13-20(19)28-22/h3-5,7-8,10-11,13,15,17H,6,9,12,14H2,1-2H3,(H,23,26)/t15-,17-/m0/s1. The summed E-state index contributed by atoms with van der Waals surface area (Å²) in [4.78, 5) is 19.9. The molecule has 3 aromatic rings. The van der Waals surface area contributed by atoms with Gasteiger partial charge in [-0.15, -0.1) is 0 Å². The van der Waals surface area contributed by atoms with Gasteiger partial charge in [0.25, 0.3) is 0 Å². The van der Waals surface area contributed by atoms with Crippen molar-refractivity contribution in [1.82, 2.24) is 10.3 Å². The van der Waals surface area contributed by atoms with Gasteiger partial charge >= 0.3 is 0 Å². The van der Waals surface area contributed by atoms with E-state index in [1.807, 2.05) is 55.5 Å². The summed E-state index contributed by atoms with van der Waals surface area (Å²) in [6, 6.07) is 16.1. The molecule has 2 aromatic carbocycles. The molecule has 1 aromatic heterocycles. The molecule has 5 nitrogen and oxygen atoms in total. The Balaban J connectivity index is 1.44. The van der Waals surface area contributed by atoms with Crippen LogP contribution in [0.25, 0.3) is 10.2 Å². The first-order valence-corrected chi connectivity index (χ1v) is 10.5. The molecule has 1 amide bonds. The van der Waals surface area contributed by atoms with Gasteiger partial charge in [-0.3, -0.25) is 4.79 Å². The predicted octanol–water partition coefficient (Wildman–Crippen LogP) is 4.40. The number of amides is 1. The van der Waals surface area contributed by atoms with Crippen molar-refractivity contribution in [3.05, 3.63) is 54.1 Å². The van der Waals surface area contributed by atoms with E-state index in [9.17, 15) is 4.79 Å². The zero-order valence-corrected chi connectivity index (χ0v) is 17.0. The lowest BCUT2D eigenvalue weighted by atomic mass is 9.96. The van der Waals surface area contributed by atoms with Crippen molar-refractivity contribution in [2.45, 2.75) is 25.8 Å². The Morgan fingerprint density at radius 3 is 2.89 bits per heavy atom. The maximum atomic E-state index is 12.8. The number of hydrogen-bond donors (Lipinski definition) is 1. The Labute approximate surface area is 169 Å². The number of fused-ring (bicyclic) bond motifs is 1. The second-order valence-corrected chi connectivity index (χ2v) is 8.27. The van der Waals surface area contributed by atoms with Gasteiger partial charge in [0.15, 0.2) is 5.13 Å². The number of rotatable bonds is 5. The molecule has 1 fully saturated rings. The molecule has 1 N–H and O–H groups in total. The SMILES string of the molecule is COc1ccc2nc(N3CCC[C@H](C(=O)N[C@@H](C)c4ccccc4)C3)sc2c1. The van der Waals surface area contributed by atoms with Crippen molar-refractivity contribution in [3.63, 3.8) is 0 Å². The number of nitrogens with one attached hydrogen (secondary N) is 1. The minimum atomic E-state index is -0.0125. The highest BCUT2D eigenvalue weighted by atomic mass is 32.1. The fraction of sp³-hybridized carbons (Fsp3) is 0.364. The summed E-state index contributed by atoms with van der Waals surface area (Å²) in [5.41, 5.74) is 2.11. The molecular formula is C22H25N3O2S. The molecule has 0 bridgehead atoms. The maximum Gasteiger partial charge on any atom is 0.225 e. The smallest absolute Gasteiger partial charge is 0.225 e. The number of thiazole rings is 1. The lowest BCUT2D eigenvalue weighted by Gasteiger charge is -2.32. The van der Waals surface area contributed by atoms with Crippen molar-refractivity contribution < 1.29 is 9.53 Å². The molecule has 2 atom stereocenters. The second-order valence-electron chi connectivity index (χ2n) is 7.26. The largest absolute Gasteiger partial charge is 0.497 e. The van der Waals surface area contributed by atoms with E-state index in [2.05, 4.69) is 10.2 Å². The zero-order chi connectivity index (χ0) is 19.5. The lowest BCUT2D eigenvalue weighted by Crippen LogP contribution is -2.43. The van der Waals surface area contributed by atoms with Crippen molar-refractivity contribution in [2.75, 3.05) is 25.1 Å². The minimum absolute atomic E-state index is 0.0125. The van der Waals surface area contributed by atoms with E-state index in [0.717, 1.165) is 46.0 Å². The first-order chi connectivity index (χ1) is 13.6. The van der Waals surface area contributed by atoms with E-state index in [0.29, 0.717) is 6.54 Å². The molecule has 0 radical (unpaired) electrons. The number of anilines is 1. The quantitative estimate of drug-likeness (QED) is 0.696. The Morgan fingerprint density at radius 2 is 2.11 bits per heavy atom. The number of ether oxygens (including phenoxy) is 1. The van der Waals surface area contributed by atoms with Crippen LogP contribution >= 0.6 is 11.3 Å². The molecule has 1 aliphatic rings. The van der Waals surface area contributed by atoms with E-state index in [-0.39, 0.29) is 17.9 Å². The summed E-state index contributed by atoms with van der Waals surface area (Å²) in [6.45, 7) is 3.69. The number of hydrogen-bond acceptors (Lipinski definition) is 5. The molecule has 146 valence electrons. The highest BCUT2D eigenvalue weighted by Gasteiger charge is 2.28. The molecule has 0 unspecified atom stereocenters. The van der Waals surface area contributed by atoms with Crippen LogP contribution in [-0.2, 0) is 4.79 Å². The van der Waals surface area contributed by atoms with Gasteiger partial charge < -0.3 is 15.0 Å². The second kappa shape index (κ2) is 8.19. The van der Waals surface area contributed by atoms with Crippen molar-refractivity contribution in [2.24, 2.45) is 5.92 Å². The molecule has 0 aliphatic carbocycles. The number of benzene rings is 2. The molecule has 28 heavy (non-hydrogen) atoms. The Hall–Kier alpha value is -2.60. The summed E-state index contributed by atoms with van der Waals surface area (Å²) in [5, 5.41) is 4.16. The highest BCUT2D eigenvalue weighted by molar-refractivity contribution is 7.22. The van der Waals surface area contributed by atoms with Gasteiger partial charge in [0.2, 0.25) is 5.91 Å². The van der Waals surface area contributed by atoms with Gasteiger partial charge in [-0.25, -0.2) is 4.98 Å². The summed E-state index contributed by atoms with van der Waals surface area (Å²) >= 11 is 1.66. The van der Waals surface area contributed by atoms with Crippen molar-refractivity contribution in [3.8, 4) is 5.75 Å². The molecule has 0 spiro atoms. The van der Waals surface area contributed by atoms with Crippen LogP contribution in [0, 0.1) is 5.92 Å². The summed E-state index contributed by atoms with van der Waals surface area (Å²) in [5.74, 6) is 0.957. The van der Waals surface area contributed by atoms with Crippen LogP contribution in [0.15, 0.2) is 48.5 Å². The fourth-order valence-electron chi connectivity index (χ4n) is 3.68. The third-order valence-corrected chi connectivity index (χ3v) is 6.38. The average Bonchev–Trinajstić information content (AvgIpc) is 3.17. The third kappa shape index (κ3) is 3.97. The van der Waals surface area contributed by atoms with E-state index < -0.39 is 0 Å². The van der Waals surface area contributed by atoms with E-state index in [1.165, 1.54) is 0 Å². The van der Waals surface area contributed by atoms with E-state index in [1.54, 1.807) is 18.4 Å². The first-order valence-electron chi connectivity index (χ1n) is 9.69. The lowest BCUT2D eigenvalue weighted by molar-refractivity contribution is -0.125. The number of piperidine rings is 1. The normalized spacial score (nSPS) is 18.1. The summed E-state index contributed by atoms with van der Waals surface area (Å²) < 4.78 is 6.42. The van der Waals surface area contributed by atoms with Gasteiger partial charge in [-0.1, -0.05) is 41.7 Å². The minimum Gasteiger partial charge on any atom is -0.497 e. The summed E-state index contributed by atoms with van der Waals surface area (Å²) in [7, 11) is 1.67. The van der Waals surface area contributed by atoms with Gasteiger partial charge in [0.1, 0.15) is 5.75 Å². The zero-order valence-electron chi connectivity index (χ0n) is 16.2. The van der Waals surface area contributed by atoms with Crippen LogP contribution < -0.4 is 15.0 Å². The van der Waals surface area contributed by atoms with Gasteiger partial charge in [0, 0.05) is 13.1 Å². The van der Waals surface area contributed by atoms with Crippen LogP contribution in [-0.4, -0.2) is 31.1 Å². The van der Waals surface area contributed by atoms with Crippen molar-refractivity contribution >= 4 is 32.6 Å². The number of aromatic nitrogens is 1. The Kier molecular flexibility index (Phi) is 5.48. The highest BCUT2D eigenvalue weighted by Crippen LogP contribution is 2.33. The number of nitrogens with zero attached hydrogens (tertiary/aromatic N) is 2. The van der Waals surface area contributed by atoms with Crippen LogP contribution in [0.1, 0.15) is 31.4 Å². The first kappa shape index (κ1) is 18.7. The molecular weight excluding hydrogens is 370 g/mol. The van der Waals surface area contributed by atoms with Crippen LogP contribution in [0.2, 0.25) is 0 Å². The predicted molar refractivity (Wildman–Crippen MR) is 114 cm³/mol. The third-order valence-electron chi connectivity index (χ3n) is 5.31. The van der Waals surface area contributed by atoms with E-state index in [4.69, 9.17) is 9.72 Å². The van der Waals surface area contributed by atoms with Gasteiger partial charge in [0.05, 0.1) is 29.3 Å². The van der Waals surface area contributed by atoms with E-state index >= 15 is 0 Å². The number of methoxy groups -OCH3 is 1. The van der Waals surface area contributed by atoms with Crippen LogP contribution in [0.5, 0.6) is 5.75 Å². The number of carbonyl (C=O) groups excluding carboxylic acids is 1. The van der Waals surface area contributed by atoms with Gasteiger partial charge in [-0.2, -0.15) is 0 Å². The van der Waals surface area contributed by atoms with Crippen LogP contribution in [0.4, 0.5) is 5.13 Å². The fourth-order valence-corrected chi connectivity index (χ4v) is 4.71. The molecule has 2 heterocycles. The van der Waals surface area contributed by atoms with Gasteiger partial charge in [-0.05, 0) is 43.5 Å². The summed E-state index contributed by atoms with van der Waals surface area (Å²) in [6.07, 6.45) is 1.92. The van der Waals surface area contributed by atoms with Crippen molar-refractivity contribution in [1.29, 1.82) is 0 Å². The molecule has 0 saturated carbocycles. The maximum absolute atomic E-state index is 12.8. The number of carbonyl (C=O) groups is 1. The molecule has 6 heteroatoms. The molecule has 4 rings (SSSR count). The monoisotopic (exact) mass is 395 g/mol. The molecule has 1 saturated heterocycles. The Morgan fingerprint density at radius 1 is 1.29 bits per heavy atom. The Bertz CT molecular complexity index is 957.